The van der Waals surface area contributed by atoms with E-state index >= 15 is 0 Å². The highest BCUT2D eigenvalue weighted by atomic mass is 32.1. The fourth-order valence-corrected chi connectivity index (χ4v) is 3.97. The molecule has 1 aromatic heterocycles. The van der Waals surface area contributed by atoms with Crippen LogP contribution in [-0.2, 0) is 17.8 Å². The molecule has 0 fully saturated rings. The van der Waals surface area contributed by atoms with Gasteiger partial charge in [-0.1, -0.05) is 60.7 Å². The average Bonchev–Trinajstić information content (AvgIpc) is 3.28. The Bertz CT molecular complexity index is 1130. The number of aromatic nitrogens is 2. The first-order valence-electron chi connectivity index (χ1n) is 10.4. The zero-order chi connectivity index (χ0) is 22.2. The lowest BCUT2D eigenvalue weighted by Gasteiger charge is -2.21. The van der Waals surface area contributed by atoms with Gasteiger partial charge in [-0.25, -0.2) is 9.37 Å². The van der Waals surface area contributed by atoms with Crippen LogP contribution in [0, 0.1) is 5.82 Å². The van der Waals surface area contributed by atoms with Crippen molar-refractivity contribution >= 4 is 28.3 Å². The van der Waals surface area contributed by atoms with Crippen molar-refractivity contribution < 1.29 is 9.18 Å². The number of halogens is 1. The van der Waals surface area contributed by atoms with Gasteiger partial charge in [0.05, 0.1) is 0 Å². The number of nitrogens with zero attached hydrogens (tertiary/aromatic N) is 3. The zero-order valence-electron chi connectivity index (χ0n) is 17.4. The lowest BCUT2D eigenvalue weighted by atomic mass is 10.1. The van der Waals surface area contributed by atoms with Crippen LogP contribution in [0.2, 0.25) is 0 Å². The highest BCUT2D eigenvalue weighted by Gasteiger charge is 2.15. The van der Waals surface area contributed by atoms with E-state index in [0.29, 0.717) is 25.2 Å². The summed E-state index contributed by atoms with van der Waals surface area (Å²) in [6.45, 7) is 1.12. The molecule has 0 atom stereocenters. The number of amides is 1. The molecule has 0 saturated heterocycles. The monoisotopic (exact) mass is 446 g/mol. The van der Waals surface area contributed by atoms with Crippen molar-refractivity contribution in [2.45, 2.75) is 19.4 Å². The van der Waals surface area contributed by atoms with Gasteiger partial charge in [0.2, 0.25) is 11.0 Å². The minimum atomic E-state index is -0.334. The van der Waals surface area contributed by atoms with Crippen LogP contribution >= 0.6 is 11.5 Å². The third-order valence-corrected chi connectivity index (χ3v) is 5.70. The summed E-state index contributed by atoms with van der Waals surface area (Å²) in [6, 6.07) is 25.9. The Kier molecular flexibility index (Phi) is 7.19. The van der Waals surface area contributed by atoms with Crippen LogP contribution in [0.3, 0.4) is 0 Å². The molecule has 0 bridgehead atoms. The molecule has 4 aromatic rings. The average molecular weight is 447 g/mol. The standard InChI is InChI=1S/C25H23FN4OS/c26-21-11-13-22(14-12-21)27-24(31)15-16-30(18-20-9-5-2-6-10-20)25-28-23(29-32-25)17-19-7-3-1-4-8-19/h1-14H,15-18H2,(H,27,31). The molecule has 0 unspecified atom stereocenters. The van der Waals surface area contributed by atoms with E-state index in [-0.39, 0.29) is 18.1 Å². The summed E-state index contributed by atoms with van der Waals surface area (Å²) in [6.07, 6.45) is 0.944. The fourth-order valence-electron chi connectivity index (χ4n) is 3.26. The summed E-state index contributed by atoms with van der Waals surface area (Å²) in [5.41, 5.74) is 2.86. The van der Waals surface area contributed by atoms with E-state index in [0.717, 1.165) is 22.1 Å². The summed E-state index contributed by atoms with van der Waals surface area (Å²) in [4.78, 5) is 19.3. The van der Waals surface area contributed by atoms with Crippen LogP contribution < -0.4 is 10.2 Å². The summed E-state index contributed by atoms with van der Waals surface area (Å²) in [5.74, 6) is 0.299. The maximum Gasteiger partial charge on any atom is 0.226 e. The van der Waals surface area contributed by atoms with Gasteiger partial charge in [0.15, 0.2) is 0 Å². The van der Waals surface area contributed by atoms with E-state index in [1.165, 1.54) is 23.7 Å². The molecule has 0 radical (unpaired) electrons. The van der Waals surface area contributed by atoms with Crippen molar-refractivity contribution in [2.24, 2.45) is 0 Å². The van der Waals surface area contributed by atoms with Crippen molar-refractivity contribution in [1.29, 1.82) is 0 Å². The van der Waals surface area contributed by atoms with E-state index in [1.807, 2.05) is 36.4 Å². The van der Waals surface area contributed by atoms with Crippen molar-refractivity contribution in [3.05, 3.63) is 108 Å². The van der Waals surface area contributed by atoms with Gasteiger partial charge in [-0.05, 0) is 35.4 Å². The van der Waals surface area contributed by atoms with E-state index in [2.05, 4.69) is 38.9 Å². The number of hydrogen-bond acceptors (Lipinski definition) is 5. The largest absolute Gasteiger partial charge is 0.342 e. The minimum Gasteiger partial charge on any atom is -0.342 e. The number of rotatable bonds is 9. The van der Waals surface area contributed by atoms with Crippen molar-refractivity contribution in [3.8, 4) is 0 Å². The highest BCUT2D eigenvalue weighted by molar-refractivity contribution is 7.09. The Balaban J connectivity index is 1.44. The second-order valence-corrected chi connectivity index (χ2v) is 8.10. The molecule has 0 aliphatic rings. The summed E-state index contributed by atoms with van der Waals surface area (Å²) in [7, 11) is 0. The lowest BCUT2D eigenvalue weighted by molar-refractivity contribution is -0.116. The quantitative estimate of drug-likeness (QED) is 0.379. The van der Waals surface area contributed by atoms with Crippen LogP contribution in [0.15, 0.2) is 84.9 Å². The van der Waals surface area contributed by atoms with Crippen molar-refractivity contribution in [2.75, 3.05) is 16.8 Å². The van der Waals surface area contributed by atoms with Crippen LogP contribution in [0.5, 0.6) is 0 Å². The second-order valence-electron chi connectivity index (χ2n) is 7.37. The Morgan fingerprint density at radius 3 is 2.25 bits per heavy atom. The first kappa shape index (κ1) is 21.6. The Hall–Kier alpha value is -3.58. The van der Waals surface area contributed by atoms with Crippen molar-refractivity contribution in [3.63, 3.8) is 0 Å². The van der Waals surface area contributed by atoms with Gasteiger partial charge in [0.1, 0.15) is 11.6 Å². The highest BCUT2D eigenvalue weighted by Crippen LogP contribution is 2.22. The molecule has 1 heterocycles. The predicted molar refractivity (Wildman–Crippen MR) is 126 cm³/mol. The molecular weight excluding hydrogens is 423 g/mol. The number of nitrogens with one attached hydrogen (secondary N) is 1. The zero-order valence-corrected chi connectivity index (χ0v) is 18.3. The molecule has 1 N–H and O–H groups in total. The third kappa shape index (κ3) is 6.21. The normalized spacial score (nSPS) is 10.7. The molecule has 162 valence electrons. The summed E-state index contributed by atoms with van der Waals surface area (Å²) in [5, 5.41) is 3.60. The Morgan fingerprint density at radius 1 is 0.906 bits per heavy atom. The first-order valence-corrected chi connectivity index (χ1v) is 11.1. The number of carbonyl (C=O) groups excluding carboxylic acids is 1. The molecule has 0 aliphatic heterocycles. The number of carbonyl (C=O) groups is 1. The fraction of sp³-hybridized carbons (Fsp3) is 0.160. The molecule has 32 heavy (non-hydrogen) atoms. The Labute approximate surface area is 190 Å². The van der Waals surface area contributed by atoms with E-state index < -0.39 is 0 Å². The van der Waals surface area contributed by atoms with Gasteiger partial charge in [0.25, 0.3) is 0 Å². The van der Waals surface area contributed by atoms with Gasteiger partial charge >= 0.3 is 0 Å². The minimum absolute atomic E-state index is 0.135. The SMILES string of the molecule is O=C(CCN(Cc1ccccc1)c1nc(Cc2ccccc2)ns1)Nc1ccc(F)cc1. The van der Waals surface area contributed by atoms with Crippen molar-refractivity contribution in [1.82, 2.24) is 9.36 Å². The number of anilines is 2. The topological polar surface area (TPSA) is 58.1 Å². The van der Waals surface area contributed by atoms with Gasteiger partial charge < -0.3 is 10.2 Å². The summed E-state index contributed by atoms with van der Waals surface area (Å²) >= 11 is 1.34. The maximum atomic E-state index is 13.1. The molecular formula is C25H23FN4OS. The predicted octanol–water partition coefficient (Wildman–Crippen LogP) is 5.30. The lowest BCUT2D eigenvalue weighted by Crippen LogP contribution is -2.27. The molecule has 3 aromatic carbocycles. The van der Waals surface area contributed by atoms with E-state index in [4.69, 9.17) is 4.98 Å². The Morgan fingerprint density at radius 2 is 1.56 bits per heavy atom. The van der Waals surface area contributed by atoms with Crippen LogP contribution in [0.4, 0.5) is 15.2 Å². The van der Waals surface area contributed by atoms with E-state index in [1.54, 1.807) is 12.1 Å². The number of benzene rings is 3. The van der Waals surface area contributed by atoms with Gasteiger partial charge in [-0.3, -0.25) is 4.79 Å². The molecule has 0 spiro atoms. The molecule has 5 nitrogen and oxygen atoms in total. The van der Waals surface area contributed by atoms with Gasteiger partial charge in [-0.2, -0.15) is 4.37 Å². The first-order chi connectivity index (χ1) is 15.7. The van der Waals surface area contributed by atoms with Gasteiger partial charge in [-0.15, -0.1) is 0 Å². The number of hydrogen-bond donors (Lipinski definition) is 1. The van der Waals surface area contributed by atoms with Gasteiger partial charge in [0, 0.05) is 43.2 Å². The molecule has 0 saturated carbocycles. The smallest absolute Gasteiger partial charge is 0.226 e. The molecule has 7 heteroatoms. The van der Waals surface area contributed by atoms with Crippen LogP contribution in [0.1, 0.15) is 23.4 Å². The third-order valence-electron chi connectivity index (χ3n) is 4.89. The maximum absolute atomic E-state index is 13.1. The molecule has 0 aliphatic carbocycles. The summed E-state index contributed by atoms with van der Waals surface area (Å²) < 4.78 is 17.6. The molecule has 4 rings (SSSR count). The second kappa shape index (κ2) is 10.6. The van der Waals surface area contributed by atoms with E-state index in [9.17, 15) is 9.18 Å². The van der Waals surface area contributed by atoms with Crippen LogP contribution in [-0.4, -0.2) is 21.8 Å². The molecule has 1 amide bonds. The van der Waals surface area contributed by atoms with Crippen LogP contribution in [0.25, 0.3) is 0 Å².